The van der Waals surface area contributed by atoms with Gasteiger partial charge in [-0.25, -0.2) is 0 Å². The molecule has 0 radical (unpaired) electrons. The van der Waals surface area contributed by atoms with Crippen LogP contribution in [0.3, 0.4) is 0 Å². The van der Waals surface area contributed by atoms with E-state index < -0.39 is 0 Å². The molecule has 0 bridgehead atoms. The van der Waals surface area contributed by atoms with Gasteiger partial charge in [0, 0.05) is 16.5 Å². The molecular weight excluding hydrogens is 290 g/mol. The summed E-state index contributed by atoms with van der Waals surface area (Å²) in [4.78, 5) is 5.29. The molecule has 0 N–H and O–H groups in total. The van der Waals surface area contributed by atoms with Crippen molar-refractivity contribution >= 4 is 21.6 Å². The lowest BCUT2D eigenvalue weighted by Gasteiger charge is -2.06. The van der Waals surface area contributed by atoms with E-state index in [1.165, 1.54) is 0 Å². The Bertz CT molecular complexity index is 455. The Kier molecular flexibility index (Phi) is 4.97. The minimum Gasteiger partial charge on any atom is -0.394 e. The van der Waals surface area contributed by atoms with Crippen LogP contribution in [0.2, 0.25) is 0 Å². The van der Waals surface area contributed by atoms with Crippen molar-refractivity contribution in [3.63, 3.8) is 0 Å². The first-order valence-corrected chi connectivity index (χ1v) is 6.90. The summed E-state index contributed by atoms with van der Waals surface area (Å²) >= 11 is 3.32. The molecule has 0 heterocycles. The summed E-state index contributed by atoms with van der Waals surface area (Å²) in [7, 11) is 0. The third-order valence-corrected chi connectivity index (χ3v) is 2.74. The normalized spacial score (nSPS) is 9.83. The molecule has 2 aromatic carbocycles. The van der Waals surface area contributed by atoms with Crippen molar-refractivity contribution in [3.8, 4) is 0 Å². The summed E-state index contributed by atoms with van der Waals surface area (Å²) in [5, 5.41) is 5.01. The number of oxime groups is 1. The van der Waals surface area contributed by atoms with Gasteiger partial charge in [0.2, 0.25) is 0 Å². The molecule has 0 aliphatic carbocycles. The molecule has 0 spiro atoms. The second kappa shape index (κ2) is 6.97. The SMILES string of the molecule is BrCCON=C(c1ccccc1)c1ccccc1. The quantitative estimate of drug-likeness (QED) is 0.356. The van der Waals surface area contributed by atoms with Gasteiger partial charge >= 0.3 is 0 Å². The number of rotatable bonds is 5. The highest BCUT2D eigenvalue weighted by Crippen LogP contribution is 2.11. The fourth-order valence-corrected chi connectivity index (χ4v) is 1.75. The van der Waals surface area contributed by atoms with Gasteiger partial charge in [0.05, 0.1) is 0 Å². The Morgan fingerprint density at radius 2 is 1.39 bits per heavy atom. The van der Waals surface area contributed by atoms with Crippen LogP contribution in [0.4, 0.5) is 0 Å². The zero-order valence-corrected chi connectivity index (χ0v) is 11.5. The highest BCUT2D eigenvalue weighted by atomic mass is 79.9. The first kappa shape index (κ1) is 12.8. The topological polar surface area (TPSA) is 21.6 Å². The van der Waals surface area contributed by atoms with Crippen LogP contribution < -0.4 is 0 Å². The van der Waals surface area contributed by atoms with E-state index in [-0.39, 0.29) is 0 Å². The van der Waals surface area contributed by atoms with Gasteiger partial charge in [-0.05, 0) is 0 Å². The maximum absolute atomic E-state index is 5.29. The molecule has 92 valence electrons. The van der Waals surface area contributed by atoms with Gasteiger partial charge in [-0.2, -0.15) is 0 Å². The molecule has 0 atom stereocenters. The van der Waals surface area contributed by atoms with Crippen molar-refractivity contribution in [1.29, 1.82) is 0 Å². The van der Waals surface area contributed by atoms with E-state index in [0.717, 1.165) is 22.2 Å². The molecule has 3 heteroatoms. The molecule has 0 unspecified atom stereocenters. The van der Waals surface area contributed by atoms with Crippen molar-refractivity contribution in [2.45, 2.75) is 0 Å². The Labute approximate surface area is 115 Å². The summed E-state index contributed by atoms with van der Waals surface area (Å²) in [6.07, 6.45) is 0. The van der Waals surface area contributed by atoms with E-state index >= 15 is 0 Å². The van der Waals surface area contributed by atoms with E-state index in [0.29, 0.717) is 6.61 Å². The van der Waals surface area contributed by atoms with Crippen molar-refractivity contribution in [1.82, 2.24) is 0 Å². The molecule has 0 amide bonds. The predicted octanol–water partition coefficient (Wildman–Crippen LogP) is 3.85. The number of nitrogens with zero attached hydrogens (tertiary/aromatic N) is 1. The first-order chi connectivity index (χ1) is 8.92. The standard InChI is InChI=1S/C15H14BrNO/c16-11-12-18-17-15(13-7-3-1-4-8-13)14-9-5-2-6-10-14/h1-10H,11-12H2. The smallest absolute Gasteiger partial charge is 0.126 e. The Morgan fingerprint density at radius 3 is 1.83 bits per heavy atom. The molecule has 2 aromatic rings. The molecule has 0 fully saturated rings. The third-order valence-electron chi connectivity index (χ3n) is 2.42. The highest BCUT2D eigenvalue weighted by molar-refractivity contribution is 9.09. The lowest BCUT2D eigenvalue weighted by molar-refractivity contribution is 0.162. The van der Waals surface area contributed by atoms with Crippen molar-refractivity contribution in [3.05, 3.63) is 71.8 Å². The average molecular weight is 304 g/mol. The number of benzene rings is 2. The van der Waals surface area contributed by atoms with Gasteiger partial charge in [0.15, 0.2) is 0 Å². The molecule has 0 saturated carbocycles. The summed E-state index contributed by atoms with van der Waals surface area (Å²) in [6.45, 7) is 0.559. The van der Waals surface area contributed by atoms with Gasteiger partial charge < -0.3 is 4.84 Å². The summed E-state index contributed by atoms with van der Waals surface area (Å²) in [5.74, 6) is 0. The average Bonchev–Trinajstić information content (AvgIpc) is 2.46. The fourth-order valence-electron chi connectivity index (χ4n) is 1.61. The van der Waals surface area contributed by atoms with Gasteiger partial charge in [-0.15, -0.1) is 0 Å². The third kappa shape index (κ3) is 3.44. The summed E-state index contributed by atoms with van der Waals surface area (Å²) < 4.78 is 0. The molecule has 2 nitrogen and oxygen atoms in total. The van der Waals surface area contributed by atoms with Crippen LogP contribution in [0.15, 0.2) is 65.8 Å². The van der Waals surface area contributed by atoms with Crippen LogP contribution in [-0.2, 0) is 4.84 Å². The minimum absolute atomic E-state index is 0.559. The lowest BCUT2D eigenvalue weighted by Crippen LogP contribution is -2.04. The van der Waals surface area contributed by atoms with Crippen molar-refractivity contribution in [2.75, 3.05) is 11.9 Å². The maximum Gasteiger partial charge on any atom is 0.126 e. The second-order valence-corrected chi connectivity index (χ2v) is 4.49. The molecule has 0 saturated heterocycles. The van der Waals surface area contributed by atoms with Crippen molar-refractivity contribution in [2.24, 2.45) is 5.16 Å². The first-order valence-electron chi connectivity index (χ1n) is 5.78. The van der Waals surface area contributed by atoms with E-state index in [1.54, 1.807) is 0 Å². The van der Waals surface area contributed by atoms with Gasteiger partial charge in [-0.3, -0.25) is 0 Å². The summed E-state index contributed by atoms with van der Waals surface area (Å²) in [6, 6.07) is 20.1. The second-order valence-electron chi connectivity index (χ2n) is 3.69. The predicted molar refractivity (Wildman–Crippen MR) is 78.3 cm³/mol. The molecule has 0 aliphatic rings. The fraction of sp³-hybridized carbons (Fsp3) is 0.133. The summed E-state index contributed by atoms with van der Waals surface area (Å²) in [5.41, 5.74) is 2.97. The number of alkyl halides is 1. The zero-order valence-electron chi connectivity index (χ0n) is 9.92. The van der Waals surface area contributed by atoms with Gasteiger partial charge in [-0.1, -0.05) is 81.7 Å². The lowest BCUT2D eigenvalue weighted by atomic mass is 10.0. The van der Waals surface area contributed by atoms with Crippen LogP contribution in [-0.4, -0.2) is 17.6 Å². The Balaban J connectivity index is 2.33. The van der Waals surface area contributed by atoms with E-state index in [9.17, 15) is 0 Å². The molecule has 0 aliphatic heterocycles. The van der Waals surface area contributed by atoms with E-state index in [1.807, 2.05) is 60.7 Å². The molecule has 2 rings (SSSR count). The Morgan fingerprint density at radius 1 is 0.889 bits per heavy atom. The van der Waals surface area contributed by atoms with Gasteiger partial charge in [0.1, 0.15) is 12.3 Å². The molecule has 0 aromatic heterocycles. The number of halogens is 1. The monoisotopic (exact) mass is 303 g/mol. The van der Waals surface area contributed by atoms with Gasteiger partial charge in [0.25, 0.3) is 0 Å². The zero-order chi connectivity index (χ0) is 12.6. The minimum atomic E-state index is 0.559. The van der Waals surface area contributed by atoms with Crippen LogP contribution in [0.25, 0.3) is 0 Å². The van der Waals surface area contributed by atoms with Crippen LogP contribution in [0, 0.1) is 0 Å². The molecule has 18 heavy (non-hydrogen) atoms. The Hall–Kier alpha value is -1.61. The number of hydrogen-bond acceptors (Lipinski definition) is 2. The van der Waals surface area contributed by atoms with Crippen LogP contribution in [0.5, 0.6) is 0 Å². The van der Waals surface area contributed by atoms with E-state index in [4.69, 9.17) is 4.84 Å². The van der Waals surface area contributed by atoms with Crippen LogP contribution >= 0.6 is 15.9 Å². The van der Waals surface area contributed by atoms with Crippen molar-refractivity contribution < 1.29 is 4.84 Å². The highest BCUT2D eigenvalue weighted by Gasteiger charge is 2.06. The van der Waals surface area contributed by atoms with Crippen LogP contribution in [0.1, 0.15) is 11.1 Å². The van der Waals surface area contributed by atoms with E-state index in [2.05, 4.69) is 21.1 Å². The molecular formula is C15H14BrNO. The number of hydrogen-bond donors (Lipinski definition) is 0. The maximum atomic E-state index is 5.29. The largest absolute Gasteiger partial charge is 0.394 e.